The molecule has 202 valence electrons. The monoisotopic (exact) mass is 538 g/mol. The number of aryl methyl sites for hydroxylation is 2. The molecule has 0 bridgehead atoms. The second kappa shape index (κ2) is 16.4. The standard InChI is InChI=1S/C10H16N5O3P.C10H15N5O3/c1-6-3-7(16)14-9(13-6)15-10(18)12-5-11-8(17)4-19-2;1-3-7(16)11-5-12-10(18)15-9-13-6(2)4-8(17)14-9/h3,19H,4-5H2,1-2H3,(H,11,17)(H3,12,13,14,15,16,18);4H,3,5H2,1-2H3,(H,11,16)(H3,12,13,14,15,17,18). The van der Waals surface area contributed by atoms with Crippen molar-refractivity contribution in [3.63, 3.8) is 0 Å². The number of rotatable bonds is 9. The summed E-state index contributed by atoms with van der Waals surface area (Å²) in [7, 11) is 0.529. The van der Waals surface area contributed by atoms with E-state index < -0.39 is 12.1 Å². The number of hydrogen-bond acceptors (Lipinski definition) is 8. The molecule has 2 heterocycles. The molecule has 0 fully saturated rings. The number of carbonyl (C=O) groups excluding carboxylic acids is 4. The fraction of sp³-hybridized carbons (Fsp3) is 0.400. The van der Waals surface area contributed by atoms with Crippen LogP contribution in [-0.2, 0) is 9.59 Å². The van der Waals surface area contributed by atoms with E-state index in [2.05, 4.69) is 51.8 Å². The lowest BCUT2D eigenvalue weighted by molar-refractivity contribution is -0.121. The number of hydrogen-bond donors (Lipinski definition) is 8. The van der Waals surface area contributed by atoms with Gasteiger partial charge in [0.15, 0.2) is 0 Å². The Hall–Kier alpha value is -4.33. The van der Waals surface area contributed by atoms with Gasteiger partial charge in [-0.05, 0) is 20.5 Å². The third-order valence-corrected chi connectivity index (χ3v) is 4.61. The fourth-order valence-corrected chi connectivity index (χ4v) is 2.82. The highest BCUT2D eigenvalue weighted by Gasteiger charge is 2.06. The summed E-state index contributed by atoms with van der Waals surface area (Å²) in [5.74, 6) is -0.177. The smallest absolute Gasteiger partial charge is 0.322 e. The number of aromatic nitrogens is 4. The quantitative estimate of drug-likeness (QED) is 0.149. The van der Waals surface area contributed by atoms with Crippen LogP contribution in [0, 0.1) is 13.8 Å². The lowest BCUT2D eigenvalue weighted by atomic mass is 10.4. The average molecular weight is 539 g/mol. The van der Waals surface area contributed by atoms with Crippen molar-refractivity contribution in [3.8, 4) is 0 Å². The van der Waals surface area contributed by atoms with Gasteiger partial charge in [0.05, 0.1) is 13.3 Å². The molecule has 16 nitrogen and oxygen atoms in total. The Kier molecular flexibility index (Phi) is 13.6. The molecular weight excluding hydrogens is 507 g/mol. The Morgan fingerprint density at radius 2 is 1.22 bits per heavy atom. The summed E-state index contributed by atoms with van der Waals surface area (Å²) in [6.07, 6.45) is 0.784. The Bertz CT molecular complexity index is 1200. The molecule has 1 atom stereocenters. The molecule has 0 aliphatic rings. The lowest BCUT2D eigenvalue weighted by Gasteiger charge is -2.08. The molecule has 8 N–H and O–H groups in total. The Morgan fingerprint density at radius 1 is 0.784 bits per heavy atom. The summed E-state index contributed by atoms with van der Waals surface area (Å²) in [4.78, 5) is 79.7. The van der Waals surface area contributed by atoms with Crippen molar-refractivity contribution in [1.29, 1.82) is 0 Å². The molecule has 0 saturated carbocycles. The van der Waals surface area contributed by atoms with E-state index in [0.29, 0.717) is 32.6 Å². The van der Waals surface area contributed by atoms with E-state index in [1.807, 2.05) is 6.66 Å². The first kappa shape index (κ1) is 30.7. The average Bonchev–Trinajstić information content (AvgIpc) is 2.78. The number of nitrogens with one attached hydrogen (secondary N) is 8. The zero-order chi connectivity index (χ0) is 27.8. The van der Waals surface area contributed by atoms with Crippen LogP contribution in [0.1, 0.15) is 24.7 Å². The molecule has 37 heavy (non-hydrogen) atoms. The SMILES string of the molecule is CCC(=O)NCNC(=O)Nc1nc(C)cc(=O)[nH]1.CPCC(=O)NCNC(=O)Nc1nc(C)cc(=O)[nH]1. The van der Waals surface area contributed by atoms with Gasteiger partial charge in [-0.2, -0.15) is 0 Å². The van der Waals surface area contributed by atoms with Gasteiger partial charge in [-0.25, -0.2) is 19.6 Å². The number of aromatic amines is 2. The van der Waals surface area contributed by atoms with Crippen molar-refractivity contribution in [2.45, 2.75) is 27.2 Å². The predicted octanol–water partition coefficient (Wildman–Crippen LogP) is -0.735. The minimum atomic E-state index is -0.569. The molecule has 0 spiro atoms. The van der Waals surface area contributed by atoms with Gasteiger partial charge < -0.3 is 21.3 Å². The number of nitrogens with zero attached hydrogens (tertiary/aromatic N) is 2. The van der Waals surface area contributed by atoms with Crippen LogP contribution >= 0.6 is 8.58 Å². The van der Waals surface area contributed by atoms with Crippen LogP contribution in [0.4, 0.5) is 21.5 Å². The van der Waals surface area contributed by atoms with Gasteiger partial charge in [0.25, 0.3) is 11.1 Å². The zero-order valence-electron chi connectivity index (χ0n) is 20.8. The predicted molar refractivity (Wildman–Crippen MR) is 139 cm³/mol. The molecule has 2 rings (SSSR count). The molecule has 17 heteroatoms. The zero-order valence-corrected chi connectivity index (χ0v) is 21.8. The van der Waals surface area contributed by atoms with E-state index >= 15 is 0 Å². The first-order valence-electron chi connectivity index (χ1n) is 11.0. The lowest BCUT2D eigenvalue weighted by Crippen LogP contribution is -2.40. The maximum Gasteiger partial charge on any atom is 0.322 e. The third kappa shape index (κ3) is 14.0. The van der Waals surface area contributed by atoms with E-state index in [0.717, 1.165) is 0 Å². The van der Waals surface area contributed by atoms with E-state index in [1.54, 1.807) is 20.8 Å². The topological polar surface area (TPSA) is 232 Å². The molecule has 6 amide bonds. The van der Waals surface area contributed by atoms with Crippen molar-refractivity contribution in [1.82, 2.24) is 41.2 Å². The van der Waals surface area contributed by atoms with Gasteiger partial charge in [0.2, 0.25) is 23.7 Å². The second-order valence-corrected chi connectivity index (χ2v) is 8.23. The van der Waals surface area contributed by atoms with Gasteiger partial charge in [-0.1, -0.05) is 6.92 Å². The van der Waals surface area contributed by atoms with E-state index in [-0.39, 0.29) is 48.2 Å². The van der Waals surface area contributed by atoms with Gasteiger partial charge in [-0.3, -0.25) is 39.8 Å². The van der Waals surface area contributed by atoms with Crippen LogP contribution in [0.2, 0.25) is 0 Å². The number of carbonyl (C=O) groups is 4. The van der Waals surface area contributed by atoms with Crippen LogP contribution in [0.5, 0.6) is 0 Å². The van der Waals surface area contributed by atoms with Crippen molar-refractivity contribution >= 4 is 44.4 Å². The summed E-state index contributed by atoms with van der Waals surface area (Å²) in [5, 5.41) is 14.5. The van der Waals surface area contributed by atoms with Crippen LogP contribution in [-0.4, -0.2) is 70.0 Å². The minimum Gasteiger partial charge on any atom is -0.339 e. The summed E-state index contributed by atoms with van der Waals surface area (Å²) in [6, 6.07) is 1.49. The van der Waals surface area contributed by atoms with Crippen molar-refractivity contribution < 1.29 is 19.2 Å². The Morgan fingerprint density at radius 3 is 1.59 bits per heavy atom. The number of urea groups is 2. The van der Waals surface area contributed by atoms with Crippen LogP contribution in [0.25, 0.3) is 0 Å². The van der Waals surface area contributed by atoms with Crippen molar-refractivity contribution in [2.75, 3.05) is 36.8 Å². The summed E-state index contributed by atoms with van der Waals surface area (Å²) in [5.41, 5.74) is 0.293. The third-order valence-electron chi connectivity index (χ3n) is 3.93. The van der Waals surface area contributed by atoms with Crippen LogP contribution in [0.3, 0.4) is 0 Å². The molecule has 0 aromatic carbocycles. The summed E-state index contributed by atoms with van der Waals surface area (Å²) < 4.78 is 0. The van der Waals surface area contributed by atoms with Crippen LogP contribution < -0.4 is 43.0 Å². The second-order valence-electron chi connectivity index (χ2n) is 7.17. The molecule has 1 unspecified atom stereocenters. The highest BCUT2D eigenvalue weighted by molar-refractivity contribution is 7.38. The molecular formula is C20H31N10O6P. The van der Waals surface area contributed by atoms with Gasteiger partial charge >= 0.3 is 12.1 Å². The molecule has 0 aliphatic carbocycles. The fourth-order valence-electron chi connectivity index (χ4n) is 2.37. The van der Waals surface area contributed by atoms with Gasteiger partial charge in [0, 0.05) is 36.1 Å². The van der Waals surface area contributed by atoms with E-state index in [9.17, 15) is 28.8 Å². The maximum atomic E-state index is 11.4. The first-order chi connectivity index (χ1) is 17.5. The minimum absolute atomic E-state index is 0.00849. The highest BCUT2D eigenvalue weighted by Crippen LogP contribution is 1.98. The summed E-state index contributed by atoms with van der Waals surface area (Å²) in [6.45, 7) is 6.93. The molecule has 2 aromatic heterocycles. The van der Waals surface area contributed by atoms with Crippen LogP contribution in [0.15, 0.2) is 21.7 Å². The largest absolute Gasteiger partial charge is 0.339 e. The first-order valence-corrected chi connectivity index (χ1v) is 12.7. The maximum absolute atomic E-state index is 11.4. The summed E-state index contributed by atoms with van der Waals surface area (Å²) >= 11 is 0. The van der Waals surface area contributed by atoms with Gasteiger partial charge in [-0.15, -0.1) is 8.58 Å². The Balaban J connectivity index is 0.000000371. The molecule has 0 radical (unpaired) electrons. The Labute approximate surface area is 213 Å². The molecule has 0 aliphatic heterocycles. The van der Waals surface area contributed by atoms with Crippen molar-refractivity contribution in [3.05, 3.63) is 44.2 Å². The number of amides is 6. The normalized spacial score (nSPS) is 10.1. The van der Waals surface area contributed by atoms with Gasteiger partial charge in [0.1, 0.15) is 0 Å². The number of anilines is 2. The van der Waals surface area contributed by atoms with E-state index in [1.165, 1.54) is 12.1 Å². The number of H-pyrrole nitrogens is 2. The van der Waals surface area contributed by atoms with E-state index in [4.69, 9.17) is 0 Å². The highest BCUT2D eigenvalue weighted by atomic mass is 31.1. The molecule has 2 aromatic rings. The molecule has 0 saturated heterocycles. The van der Waals surface area contributed by atoms with Crippen molar-refractivity contribution in [2.24, 2.45) is 0 Å².